The Bertz CT molecular complexity index is 732. The first-order valence-electron chi connectivity index (χ1n) is 9.93. The van der Waals surface area contributed by atoms with Crippen molar-refractivity contribution in [2.45, 2.75) is 45.3 Å². The monoisotopic (exact) mass is 371 g/mol. The average Bonchev–Trinajstić information content (AvgIpc) is 3.04. The van der Waals surface area contributed by atoms with Gasteiger partial charge in [-0.25, -0.2) is 4.79 Å². The van der Waals surface area contributed by atoms with Crippen molar-refractivity contribution in [2.24, 2.45) is 11.1 Å². The summed E-state index contributed by atoms with van der Waals surface area (Å²) >= 11 is 0. The second-order valence-corrected chi connectivity index (χ2v) is 8.69. The molecule has 27 heavy (non-hydrogen) atoms. The number of hydrogen-bond donors (Lipinski definition) is 0. The van der Waals surface area contributed by atoms with Gasteiger partial charge < -0.3 is 14.5 Å². The largest absolute Gasteiger partial charge is 0.444 e. The van der Waals surface area contributed by atoms with Crippen LogP contribution < -0.4 is 0 Å². The van der Waals surface area contributed by atoms with E-state index in [1.165, 1.54) is 11.1 Å². The number of oxime groups is 1. The summed E-state index contributed by atoms with van der Waals surface area (Å²) in [5.41, 5.74) is 3.31. The molecule has 2 heterocycles. The molecule has 3 aliphatic rings. The van der Waals surface area contributed by atoms with Crippen molar-refractivity contribution >= 4 is 11.8 Å². The minimum atomic E-state index is -0.448. The minimum absolute atomic E-state index is 0.112. The van der Waals surface area contributed by atoms with Crippen LogP contribution in [0.15, 0.2) is 29.4 Å². The Labute approximate surface area is 161 Å². The van der Waals surface area contributed by atoms with Crippen LogP contribution in [0.5, 0.6) is 0 Å². The van der Waals surface area contributed by atoms with Gasteiger partial charge in [-0.2, -0.15) is 0 Å². The van der Waals surface area contributed by atoms with E-state index >= 15 is 0 Å². The lowest BCUT2D eigenvalue weighted by Crippen LogP contribution is -2.52. The molecular weight excluding hydrogens is 342 g/mol. The zero-order valence-electron chi connectivity index (χ0n) is 16.5. The Morgan fingerprint density at radius 2 is 1.96 bits per heavy atom. The Morgan fingerprint density at radius 3 is 2.70 bits per heavy atom. The molecule has 6 nitrogen and oxygen atoms in total. The molecule has 1 aromatic carbocycles. The van der Waals surface area contributed by atoms with Crippen molar-refractivity contribution in [2.75, 3.05) is 32.7 Å². The van der Waals surface area contributed by atoms with Gasteiger partial charge in [0.2, 0.25) is 0 Å². The quantitative estimate of drug-likeness (QED) is 0.802. The van der Waals surface area contributed by atoms with E-state index in [0.717, 1.165) is 38.2 Å². The molecule has 146 valence electrons. The van der Waals surface area contributed by atoms with Crippen molar-refractivity contribution in [3.63, 3.8) is 0 Å². The van der Waals surface area contributed by atoms with Crippen LogP contribution in [0.1, 0.15) is 38.3 Å². The zero-order valence-corrected chi connectivity index (χ0v) is 16.5. The summed E-state index contributed by atoms with van der Waals surface area (Å²) < 4.78 is 5.48. The highest BCUT2D eigenvalue weighted by molar-refractivity contribution is 6.05. The maximum Gasteiger partial charge on any atom is 0.410 e. The molecule has 1 saturated heterocycles. The van der Waals surface area contributed by atoms with Gasteiger partial charge in [0.15, 0.2) is 0 Å². The molecule has 0 radical (unpaired) electrons. The van der Waals surface area contributed by atoms with Gasteiger partial charge in [-0.05, 0) is 39.2 Å². The molecule has 1 aromatic rings. The lowest BCUT2D eigenvalue weighted by Gasteiger charge is -2.37. The predicted molar refractivity (Wildman–Crippen MR) is 104 cm³/mol. The number of hydrogen-bond acceptors (Lipinski definition) is 5. The van der Waals surface area contributed by atoms with E-state index in [1.54, 1.807) is 4.90 Å². The predicted octanol–water partition coefficient (Wildman–Crippen LogP) is 2.90. The van der Waals surface area contributed by atoms with Gasteiger partial charge in [-0.15, -0.1) is 0 Å². The second kappa shape index (κ2) is 7.15. The Morgan fingerprint density at radius 1 is 1.22 bits per heavy atom. The highest BCUT2D eigenvalue weighted by atomic mass is 16.6. The third kappa shape index (κ3) is 3.95. The van der Waals surface area contributed by atoms with Crippen LogP contribution >= 0.6 is 0 Å². The molecule has 2 aliphatic heterocycles. The molecule has 0 aromatic heterocycles. The van der Waals surface area contributed by atoms with Gasteiger partial charge in [0.25, 0.3) is 0 Å². The molecule has 0 spiro atoms. The van der Waals surface area contributed by atoms with Gasteiger partial charge in [0, 0.05) is 44.2 Å². The van der Waals surface area contributed by atoms with E-state index in [4.69, 9.17) is 9.57 Å². The van der Waals surface area contributed by atoms with E-state index < -0.39 is 5.60 Å². The van der Waals surface area contributed by atoms with E-state index in [1.807, 2.05) is 20.8 Å². The topological polar surface area (TPSA) is 54.4 Å². The number of rotatable bonds is 2. The van der Waals surface area contributed by atoms with Gasteiger partial charge in [0.05, 0.1) is 5.71 Å². The van der Waals surface area contributed by atoms with Gasteiger partial charge in [-0.3, -0.25) is 4.90 Å². The summed E-state index contributed by atoms with van der Waals surface area (Å²) in [5.74, 6) is 0.379. The summed E-state index contributed by atoms with van der Waals surface area (Å²) in [6.45, 7) is 9.65. The molecule has 0 saturated carbocycles. The summed E-state index contributed by atoms with van der Waals surface area (Å²) in [5, 5.41) is 4.43. The molecular formula is C21H29N3O3. The number of nitrogens with zero attached hydrogens (tertiary/aromatic N) is 3. The summed E-state index contributed by atoms with van der Waals surface area (Å²) in [6.07, 6.45) is 2.08. The lowest BCUT2D eigenvalue weighted by molar-refractivity contribution is -0.00110. The van der Waals surface area contributed by atoms with Crippen LogP contribution in [0.4, 0.5) is 4.79 Å². The molecule has 0 unspecified atom stereocenters. The lowest BCUT2D eigenvalue weighted by atomic mass is 9.79. The van der Waals surface area contributed by atoms with Crippen LogP contribution in [-0.4, -0.2) is 66.0 Å². The number of ether oxygens (including phenoxy) is 1. The van der Waals surface area contributed by atoms with Crippen molar-refractivity contribution in [1.29, 1.82) is 0 Å². The number of piperazine rings is 1. The normalized spacial score (nSPS) is 25.3. The fourth-order valence-corrected chi connectivity index (χ4v) is 4.17. The Kier molecular flexibility index (Phi) is 4.84. The molecule has 4 rings (SSSR count). The van der Waals surface area contributed by atoms with Gasteiger partial charge in [-0.1, -0.05) is 29.4 Å². The molecule has 1 aliphatic carbocycles. The Balaban J connectivity index is 1.31. The maximum atomic E-state index is 12.2. The molecule has 0 bridgehead atoms. The number of benzene rings is 1. The summed E-state index contributed by atoms with van der Waals surface area (Å²) in [7, 11) is 0. The average molecular weight is 371 g/mol. The van der Waals surface area contributed by atoms with Crippen molar-refractivity contribution in [3.8, 4) is 0 Å². The Hall–Kier alpha value is -2.08. The molecule has 6 heteroatoms. The SMILES string of the molecule is CC(C)(C)OC(=O)N1CCN(C[C@@H]2ON=C3c4ccccc4CC[C@H]32)CC1. The van der Waals surface area contributed by atoms with Crippen LogP contribution in [0.2, 0.25) is 0 Å². The zero-order chi connectivity index (χ0) is 19.0. The fourth-order valence-electron chi connectivity index (χ4n) is 4.17. The number of carbonyl (C=O) groups is 1. The molecule has 1 amide bonds. The van der Waals surface area contributed by atoms with E-state index in [9.17, 15) is 4.79 Å². The number of carbonyl (C=O) groups excluding carboxylic acids is 1. The number of aryl methyl sites for hydroxylation is 1. The number of amides is 1. The first-order valence-corrected chi connectivity index (χ1v) is 9.93. The van der Waals surface area contributed by atoms with E-state index in [0.29, 0.717) is 19.0 Å². The second-order valence-electron chi connectivity index (χ2n) is 8.69. The van der Waals surface area contributed by atoms with Crippen LogP contribution in [0, 0.1) is 5.92 Å². The summed E-state index contributed by atoms with van der Waals surface area (Å²) in [4.78, 5) is 22.2. The van der Waals surface area contributed by atoms with E-state index in [2.05, 4.69) is 34.3 Å². The van der Waals surface area contributed by atoms with Crippen molar-refractivity contribution < 1.29 is 14.4 Å². The third-order valence-corrected chi connectivity index (χ3v) is 5.57. The third-order valence-electron chi connectivity index (χ3n) is 5.57. The van der Waals surface area contributed by atoms with Gasteiger partial charge >= 0.3 is 6.09 Å². The maximum absolute atomic E-state index is 12.2. The van der Waals surface area contributed by atoms with Crippen LogP contribution in [-0.2, 0) is 16.0 Å². The van der Waals surface area contributed by atoms with Crippen LogP contribution in [0.25, 0.3) is 0 Å². The van der Waals surface area contributed by atoms with E-state index in [-0.39, 0.29) is 12.2 Å². The first-order chi connectivity index (χ1) is 12.9. The minimum Gasteiger partial charge on any atom is -0.444 e. The molecule has 0 N–H and O–H groups in total. The fraction of sp³-hybridized carbons (Fsp3) is 0.619. The van der Waals surface area contributed by atoms with Crippen LogP contribution in [0.3, 0.4) is 0 Å². The van der Waals surface area contributed by atoms with Crippen molar-refractivity contribution in [3.05, 3.63) is 35.4 Å². The molecule has 2 atom stereocenters. The standard InChI is InChI=1S/C21H29N3O3/c1-21(2,3)26-20(25)24-12-10-23(11-13-24)14-18-17-9-8-15-6-4-5-7-16(15)19(17)22-27-18/h4-7,17-18H,8-14H2,1-3H3/t17-,18-/m0/s1. The highest BCUT2D eigenvalue weighted by Gasteiger charge is 2.39. The highest BCUT2D eigenvalue weighted by Crippen LogP contribution is 2.34. The molecule has 1 fully saturated rings. The smallest absolute Gasteiger partial charge is 0.410 e. The number of fused-ring (bicyclic) bond motifs is 3. The first kappa shape index (κ1) is 18.3. The van der Waals surface area contributed by atoms with Crippen molar-refractivity contribution in [1.82, 2.24) is 9.80 Å². The van der Waals surface area contributed by atoms with Gasteiger partial charge in [0.1, 0.15) is 11.7 Å². The summed E-state index contributed by atoms with van der Waals surface area (Å²) in [6, 6.07) is 8.52.